The summed E-state index contributed by atoms with van der Waals surface area (Å²) in [5, 5.41) is 0. The molecule has 0 aliphatic carbocycles. The van der Waals surface area contributed by atoms with Gasteiger partial charge in [-0.25, -0.2) is 0 Å². The first-order chi connectivity index (χ1) is 5.63. The monoisotopic (exact) mass is 275 g/mol. The Morgan fingerprint density at radius 3 is 2.33 bits per heavy atom. The summed E-state index contributed by atoms with van der Waals surface area (Å²) in [5.41, 5.74) is 2.79. The highest BCUT2D eigenvalue weighted by molar-refractivity contribution is 14.1. The largest absolute Gasteiger partial charge is 0.264 e. The maximum Gasteiger partial charge on any atom is 0.0335 e. The standard InChI is InChI=1S/C10H14IN/c1-7(2)10-6-12-5-4-9(10)8(3)11/h4-8H,1-3H3. The predicted octanol–water partition coefficient (Wildman–Crippen LogP) is 3.70. The number of halogens is 1. The molecule has 0 N–H and O–H groups in total. The molecule has 1 nitrogen and oxygen atoms in total. The zero-order valence-electron chi connectivity index (χ0n) is 7.71. The molecule has 1 unspecified atom stereocenters. The third-order valence-electron chi connectivity index (χ3n) is 1.94. The summed E-state index contributed by atoms with van der Waals surface area (Å²) >= 11 is 2.44. The fraction of sp³-hybridized carbons (Fsp3) is 0.500. The van der Waals surface area contributed by atoms with Crippen LogP contribution in [0.5, 0.6) is 0 Å². The Morgan fingerprint density at radius 1 is 1.25 bits per heavy atom. The smallest absolute Gasteiger partial charge is 0.0335 e. The van der Waals surface area contributed by atoms with Gasteiger partial charge in [-0.1, -0.05) is 36.4 Å². The Kier molecular flexibility index (Phi) is 3.50. The van der Waals surface area contributed by atoms with E-state index in [1.54, 1.807) is 0 Å². The lowest BCUT2D eigenvalue weighted by molar-refractivity contribution is 0.835. The van der Waals surface area contributed by atoms with Gasteiger partial charge in [0.05, 0.1) is 0 Å². The zero-order valence-corrected chi connectivity index (χ0v) is 9.87. The number of hydrogen-bond donors (Lipinski definition) is 0. The average molecular weight is 275 g/mol. The first-order valence-corrected chi connectivity index (χ1v) is 5.45. The molecule has 0 aliphatic heterocycles. The molecule has 12 heavy (non-hydrogen) atoms. The van der Waals surface area contributed by atoms with E-state index in [2.05, 4.69) is 54.4 Å². The van der Waals surface area contributed by atoms with Crippen LogP contribution in [0.2, 0.25) is 0 Å². The lowest BCUT2D eigenvalue weighted by atomic mass is 9.98. The van der Waals surface area contributed by atoms with Gasteiger partial charge in [-0.05, 0) is 30.0 Å². The number of hydrogen-bond acceptors (Lipinski definition) is 1. The molecule has 1 aromatic rings. The van der Waals surface area contributed by atoms with Crippen molar-refractivity contribution in [1.82, 2.24) is 4.98 Å². The summed E-state index contributed by atoms with van der Waals surface area (Å²) in [6.07, 6.45) is 3.85. The zero-order chi connectivity index (χ0) is 9.14. The molecule has 0 aromatic carbocycles. The van der Waals surface area contributed by atoms with Crippen LogP contribution >= 0.6 is 22.6 Å². The Morgan fingerprint density at radius 2 is 1.92 bits per heavy atom. The van der Waals surface area contributed by atoms with Crippen LogP contribution in [0, 0.1) is 0 Å². The molecule has 0 aliphatic rings. The van der Waals surface area contributed by atoms with Crippen LogP contribution in [-0.4, -0.2) is 4.98 Å². The highest BCUT2D eigenvalue weighted by atomic mass is 127. The summed E-state index contributed by atoms with van der Waals surface area (Å²) in [7, 11) is 0. The van der Waals surface area contributed by atoms with Gasteiger partial charge in [0.1, 0.15) is 0 Å². The molecule has 0 saturated heterocycles. The quantitative estimate of drug-likeness (QED) is 0.592. The molecular formula is C10H14IN. The highest BCUT2D eigenvalue weighted by Crippen LogP contribution is 2.29. The molecule has 0 fully saturated rings. The van der Waals surface area contributed by atoms with Gasteiger partial charge in [0.2, 0.25) is 0 Å². The van der Waals surface area contributed by atoms with Crippen LogP contribution in [0.1, 0.15) is 41.7 Å². The second-order valence-electron chi connectivity index (χ2n) is 3.28. The molecule has 66 valence electrons. The van der Waals surface area contributed by atoms with E-state index in [-0.39, 0.29) is 0 Å². The van der Waals surface area contributed by atoms with E-state index in [0.29, 0.717) is 9.84 Å². The molecule has 0 saturated carbocycles. The van der Waals surface area contributed by atoms with Crippen molar-refractivity contribution in [3.05, 3.63) is 29.6 Å². The Labute approximate surface area is 87.7 Å². The molecular weight excluding hydrogens is 261 g/mol. The molecule has 1 rings (SSSR count). The predicted molar refractivity (Wildman–Crippen MR) is 60.8 cm³/mol. The van der Waals surface area contributed by atoms with Crippen molar-refractivity contribution < 1.29 is 0 Å². The van der Waals surface area contributed by atoms with E-state index in [1.165, 1.54) is 11.1 Å². The third kappa shape index (κ3) is 2.19. The van der Waals surface area contributed by atoms with E-state index in [9.17, 15) is 0 Å². The second-order valence-corrected chi connectivity index (χ2v) is 5.14. The van der Waals surface area contributed by atoms with Crippen molar-refractivity contribution >= 4 is 22.6 Å². The fourth-order valence-corrected chi connectivity index (χ4v) is 1.83. The van der Waals surface area contributed by atoms with Gasteiger partial charge in [-0.3, -0.25) is 4.98 Å². The Bertz CT molecular complexity index is 229. The third-order valence-corrected chi connectivity index (χ3v) is 2.61. The first kappa shape index (κ1) is 9.96. The minimum Gasteiger partial charge on any atom is -0.264 e. The Hall–Kier alpha value is -0.120. The Balaban J connectivity index is 3.09. The van der Waals surface area contributed by atoms with Gasteiger partial charge in [0, 0.05) is 16.3 Å². The van der Waals surface area contributed by atoms with Crippen molar-refractivity contribution in [2.45, 2.75) is 30.6 Å². The van der Waals surface area contributed by atoms with E-state index in [0.717, 1.165) is 0 Å². The minimum atomic E-state index is 0.572. The lowest BCUT2D eigenvalue weighted by Crippen LogP contribution is -1.97. The molecule has 0 bridgehead atoms. The topological polar surface area (TPSA) is 12.9 Å². The van der Waals surface area contributed by atoms with Gasteiger partial charge in [0.15, 0.2) is 0 Å². The summed E-state index contributed by atoms with van der Waals surface area (Å²) < 4.78 is 0.572. The average Bonchev–Trinajstić information content (AvgIpc) is 2.04. The van der Waals surface area contributed by atoms with Gasteiger partial charge in [-0.2, -0.15) is 0 Å². The number of pyridine rings is 1. The van der Waals surface area contributed by atoms with Gasteiger partial charge < -0.3 is 0 Å². The van der Waals surface area contributed by atoms with Crippen LogP contribution in [0.25, 0.3) is 0 Å². The number of alkyl halides is 1. The maximum absolute atomic E-state index is 4.15. The van der Waals surface area contributed by atoms with Gasteiger partial charge in [-0.15, -0.1) is 0 Å². The van der Waals surface area contributed by atoms with E-state index in [4.69, 9.17) is 0 Å². The number of aromatic nitrogens is 1. The van der Waals surface area contributed by atoms with E-state index in [1.807, 2.05) is 12.4 Å². The summed E-state index contributed by atoms with van der Waals surface area (Å²) in [5.74, 6) is 0.575. The van der Waals surface area contributed by atoms with Gasteiger partial charge >= 0.3 is 0 Å². The molecule has 1 heterocycles. The van der Waals surface area contributed by atoms with Crippen molar-refractivity contribution in [3.63, 3.8) is 0 Å². The van der Waals surface area contributed by atoms with Crippen LogP contribution in [0.3, 0.4) is 0 Å². The molecule has 0 radical (unpaired) electrons. The van der Waals surface area contributed by atoms with Crippen LogP contribution in [-0.2, 0) is 0 Å². The summed E-state index contributed by atoms with van der Waals surface area (Å²) in [6, 6.07) is 2.12. The molecule has 2 heteroatoms. The molecule has 1 aromatic heterocycles. The van der Waals surface area contributed by atoms with E-state index >= 15 is 0 Å². The molecule has 1 atom stereocenters. The van der Waals surface area contributed by atoms with Crippen LogP contribution < -0.4 is 0 Å². The number of rotatable bonds is 2. The van der Waals surface area contributed by atoms with Crippen molar-refractivity contribution in [1.29, 1.82) is 0 Å². The summed E-state index contributed by atoms with van der Waals surface area (Å²) in [4.78, 5) is 4.15. The van der Waals surface area contributed by atoms with Crippen molar-refractivity contribution in [3.8, 4) is 0 Å². The van der Waals surface area contributed by atoms with Gasteiger partial charge in [0.25, 0.3) is 0 Å². The highest BCUT2D eigenvalue weighted by Gasteiger charge is 2.09. The molecule has 0 spiro atoms. The SMILES string of the molecule is CC(C)c1cnccc1C(C)I. The first-order valence-electron chi connectivity index (χ1n) is 4.20. The van der Waals surface area contributed by atoms with Crippen molar-refractivity contribution in [2.75, 3.05) is 0 Å². The summed E-state index contributed by atoms with van der Waals surface area (Å²) in [6.45, 7) is 6.63. The fourth-order valence-electron chi connectivity index (χ4n) is 1.26. The van der Waals surface area contributed by atoms with E-state index < -0.39 is 0 Å². The molecule has 0 amide bonds. The lowest BCUT2D eigenvalue weighted by Gasteiger charge is -2.13. The minimum absolute atomic E-state index is 0.572. The normalized spacial score (nSPS) is 13.4. The van der Waals surface area contributed by atoms with Crippen LogP contribution in [0.15, 0.2) is 18.5 Å². The number of nitrogens with zero attached hydrogens (tertiary/aromatic N) is 1. The second kappa shape index (κ2) is 4.21. The van der Waals surface area contributed by atoms with Crippen molar-refractivity contribution in [2.24, 2.45) is 0 Å². The van der Waals surface area contributed by atoms with Crippen LogP contribution in [0.4, 0.5) is 0 Å². The maximum atomic E-state index is 4.15.